The molecule has 1 saturated heterocycles. The molecule has 116 valence electrons. The third-order valence-corrected chi connectivity index (χ3v) is 4.23. The van der Waals surface area contributed by atoms with E-state index in [9.17, 15) is 18.0 Å². The topological polar surface area (TPSA) is 29.5 Å². The molecule has 1 aliphatic rings. The highest BCUT2D eigenvalue weighted by molar-refractivity contribution is 9.10. The lowest BCUT2D eigenvalue weighted by molar-refractivity contribution is -0.138. The number of carbonyl (C=O) groups is 1. The summed E-state index contributed by atoms with van der Waals surface area (Å²) in [5.41, 5.74) is -0.279. The summed E-state index contributed by atoms with van der Waals surface area (Å²) in [6.45, 7) is 1.11. The molecule has 0 bridgehead atoms. The fourth-order valence-corrected chi connectivity index (χ4v) is 2.90. The number of methoxy groups -OCH3 is 1. The number of nitrogens with zero attached hydrogens (tertiary/aromatic N) is 1. The first-order chi connectivity index (χ1) is 9.82. The molecular formula is C14H15BrF3NO2. The van der Waals surface area contributed by atoms with Crippen LogP contribution in [-0.2, 0) is 17.4 Å². The second kappa shape index (κ2) is 6.25. The Morgan fingerprint density at radius 3 is 2.62 bits per heavy atom. The van der Waals surface area contributed by atoms with Gasteiger partial charge in [-0.3, -0.25) is 4.79 Å². The number of hydrogen-bond donors (Lipinski definition) is 0. The number of carbonyl (C=O) groups excluding carboxylic acids is 1. The number of hydrogen-bond acceptors (Lipinski definition) is 2. The summed E-state index contributed by atoms with van der Waals surface area (Å²) in [6.07, 6.45) is -2.75. The van der Waals surface area contributed by atoms with Crippen molar-refractivity contribution in [3.63, 3.8) is 0 Å². The van der Waals surface area contributed by atoms with E-state index in [4.69, 9.17) is 4.74 Å². The van der Waals surface area contributed by atoms with E-state index >= 15 is 0 Å². The first-order valence-corrected chi connectivity index (χ1v) is 7.33. The molecule has 0 radical (unpaired) electrons. The highest BCUT2D eigenvalue weighted by atomic mass is 79.9. The van der Waals surface area contributed by atoms with E-state index in [0.29, 0.717) is 36.0 Å². The van der Waals surface area contributed by atoms with Crippen LogP contribution >= 0.6 is 15.9 Å². The number of alkyl halides is 3. The number of halogens is 4. The molecular weight excluding hydrogens is 351 g/mol. The van der Waals surface area contributed by atoms with Crippen molar-refractivity contribution in [1.82, 2.24) is 4.90 Å². The summed E-state index contributed by atoms with van der Waals surface area (Å²) in [7, 11) is 1.21. The summed E-state index contributed by atoms with van der Waals surface area (Å²) in [6, 6.07) is 2.41. The molecule has 1 fully saturated rings. The Balaban J connectivity index is 2.21. The zero-order valence-electron chi connectivity index (χ0n) is 11.5. The van der Waals surface area contributed by atoms with Crippen LogP contribution in [0.1, 0.15) is 24.0 Å². The Morgan fingerprint density at radius 2 is 2.10 bits per heavy atom. The van der Waals surface area contributed by atoms with Crippen LogP contribution in [0.4, 0.5) is 13.2 Å². The maximum atomic E-state index is 13.0. The van der Waals surface area contributed by atoms with Gasteiger partial charge in [0.25, 0.3) is 0 Å². The molecule has 1 heterocycles. The molecule has 3 nitrogen and oxygen atoms in total. The molecule has 0 saturated carbocycles. The SMILES string of the molecule is COc1cc(Br)c(CCN2CCCC2=O)cc1C(F)(F)F. The minimum absolute atomic E-state index is 0.0654. The molecule has 1 aromatic carbocycles. The number of likely N-dealkylation sites (tertiary alicyclic amines) is 1. The van der Waals surface area contributed by atoms with Crippen molar-refractivity contribution in [2.24, 2.45) is 0 Å². The highest BCUT2D eigenvalue weighted by Crippen LogP contribution is 2.39. The second-order valence-electron chi connectivity index (χ2n) is 4.88. The third-order valence-electron chi connectivity index (χ3n) is 3.50. The average molecular weight is 366 g/mol. The maximum absolute atomic E-state index is 13.0. The van der Waals surface area contributed by atoms with E-state index in [-0.39, 0.29) is 11.7 Å². The highest BCUT2D eigenvalue weighted by Gasteiger charge is 2.35. The van der Waals surface area contributed by atoms with Gasteiger partial charge in [0.2, 0.25) is 5.91 Å². The van der Waals surface area contributed by atoms with Gasteiger partial charge in [-0.15, -0.1) is 0 Å². The van der Waals surface area contributed by atoms with Crippen LogP contribution in [0.3, 0.4) is 0 Å². The van der Waals surface area contributed by atoms with Gasteiger partial charge in [0.05, 0.1) is 12.7 Å². The Labute approximate surface area is 129 Å². The van der Waals surface area contributed by atoms with Gasteiger partial charge in [-0.05, 0) is 30.5 Å². The molecule has 7 heteroatoms. The van der Waals surface area contributed by atoms with Gasteiger partial charge in [0.15, 0.2) is 0 Å². The molecule has 2 rings (SSSR count). The smallest absolute Gasteiger partial charge is 0.419 e. The van der Waals surface area contributed by atoms with Gasteiger partial charge in [-0.25, -0.2) is 0 Å². The molecule has 1 amide bonds. The van der Waals surface area contributed by atoms with E-state index in [1.54, 1.807) is 4.90 Å². The van der Waals surface area contributed by atoms with E-state index in [1.807, 2.05) is 0 Å². The number of benzene rings is 1. The average Bonchev–Trinajstić information content (AvgIpc) is 2.81. The van der Waals surface area contributed by atoms with Crippen LogP contribution in [0, 0.1) is 0 Å². The van der Waals surface area contributed by atoms with Crippen molar-refractivity contribution in [2.45, 2.75) is 25.4 Å². The molecule has 0 N–H and O–H groups in total. The Bertz CT molecular complexity index is 546. The fraction of sp³-hybridized carbons (Fsp3) is 0.500. The zero-order chi connectivity index (χ0) is 15.6. The largest absolute Gasteiger partial charge is 0.496 e. The summed E-state index contributed by atoms with van der Waals surface area (Å²) >= 11 is 3.26. The van der Waals surface area contributed by atoms with Crippen LogP contribution < -0.4 is 4.74 Å². The van der Waals surface area contributed by atoms with Gasteiger partial charge >= 0.3 is 6.18 Å². The van der Waals surface area contributed by atoms with Crippen molar-refractivity contribution < 1.29 is 22.7 Å². The molecule has 1 aliphatic heterocycles. The predicted octanol–water partition coefficient (Wildman–Crippen LogP) is 3.64. The van der Waals surface area contributed by atoms with Crippen molar-refractivity contribution >= 4 is 21.8 Å². The van der Waals surface area contributed by atoms with E-state index in [0.717, 1.165) is 12.5 Å². The third kappa shape index (κ3) is 3.70. The van der Waals surface area contributed by atoms with Gasteiger partial charge in [0.1, 0.15) is 5.75 Å². The Hall–Kier alpha value is -1.24. The monoisotopic (exact) mass is 365 g/mol. The van der Waals surface area contributed by atoms with Crippen LogP contribution in [0.2, 0.25) is 0 Å². The first kappa shape index (κ1) is 16.1. The maximum Gasteiger partial charge on any atom is 0.419 e. The van der Waals surface area contributed by atoms with Crippen LogP contribution in [-0.4, -0.2) is 31.0 Å². The van der Waals surface area contributed by atoms with Crippen LogP contribution in [0.15, 0.2) is 16.6 Å². The zero-order valence-corrected chi connectivity index (χ0v) is 13.1. The molecule has 0 spiro atoms. The minimum atomic E-state index is -4.47. The van der Waals surface area contributed by atoms with Crippen molar-refractivity contribution in [3.8, 4) is 5.75 Å². The van der Waals surface area contributed by atoms with Gasteiger partial charge in [-0.1, -0.05) is 15.9 Å². The molecule has 21 heavy (non-hydrogen) atoms. The van der Waals surface area contributed by atoms with Crippen molar-refractivity contribution in [2.75, 3.05) is 20.2 Å². The predicted molar refractivity (Wildman–Crippen MR) is 75.2 cm³/mol. The minimum Gasteiger partial charge on any atom is -0.496 e. The summed E-state index contributed by atoms with van der Waals surface area (Å²) in [5.74, 6) is -0.147. The normalized spacial score (nSPS) is 15.7. The molecule has 1 aromatic rings. The lowest BCUT2D eigenvalue weighted by Gasteiger charge is -2.18. The first-order valence-electron chi connectivity index (χ1n) is 6.54. The van der Waals surface area contributed by atoms with E-state index in [2.05, 4.69) is 15.9 Å². The molecule has 0 atom stereocenters. The summed E-state index contributed by atoms with van der Waals surface area (Å²) < 4.78 is 44.3. The summed E-state index contributed by atoms with van der Waals surface area (Å²) in [4.78, 5) is 13.2. The van der Waals surface area contributed by atoms with Crippen LogP contribution in [0.5, 0.6) is 5.75 Å². The molecule has 0 aromatic heterocycles. The van der Waals surface area contributed by atoms with Crippen LogP contribution in [0.25, 0.3) is 0 Å². The summed E-state index contributed by atoms with van der Waals surface area (Å²) in [5, 5.41) is 0. The van der Waals surface area contributed by atoms with Gasteiger partial charge < -0.3 is 9.64 Å². The Kier molecular flexibility index (Phi) is 4.81. The van der Waals surface area contributed by atoms with E-state index < -0.39 is 11.7 Å². The van der Waals surface area contributed by atoms with Gasteiger partial charge in [-0.2, -0.15) is 13.2 Å². The lowest BCUT2D eigenvalue weighted by atomic mass is 10.1. The molecule has 0 aliphatic carbocycles. The van der Waals surface area contributed by atoms with E-state index in [1.165, 1.54) is 13.2 Å². The number of ether oxygens (including phenoxy) is 1. The van der Waals surface area contributed by atoms with Crippen molar-refractivity contribution in [3.05, 3.63) is 27.7 Å². The quantitative estimate of drug-likeness (QED) is 0.815. The fourth-order valence-electron chi connectivity index (χ4n) is 2.38. The number of rotatable bonds is 4. The van der Waals surface area contributed by atoms with Crippen molar-refractivity contribution in [1.29, 1.82) is 0 Å². The molecule has 0 unspecified atom stereocenters. The van der Waals surface area contributed by atoms with Gasteiger partial charge in [0, 0.05) is 24.0 Å². The standard InChI is InChI=1S/C14H15BrF3NO2/c1-21-12-8-11(15)9(7-10(12)14(16,17)18)4-6-19-5-2-3-13(19)20/h7-8H,2-6H2,1H3. The second-order valence-corrected chi connectivity index (χ2v) is 5.73. The Morgan fingerprint density at radius 1 is 1.38 bits per heavy atom. The lowest BCUT2D eigenvalue weighted by Crippen LogP contribution is -2.27. The number of amides is 1.